The monoisotopic (exact) mass is 171 g/mol. The van der Waals surface area contributed by atoms with Gasteiger partial charge in [0.15, 0.2) is 0 Å². The zero-order valence-corrected chi connectivity index (χ0v) is 7.71. The van der Waals surface area contributed by atoms with E-state index < -0.39 is 0 Å². The Bertz CT molecular complexity index is 377. The minimum atomic E-state index is 0.990. The van der Waals surface area contributed by atoms with Crippen molar-refractivity contribution in [3.05, 3.63) is 34.4 Å². The third-order valence-corrected chi connectivity index (χ3v) is 3.16. The van der Waals surface area contributed by atoms with Crippen molar-refractivity contribution < 1.29 is 0 Å². The largest absolute Gasteiger partial charge is 0.292 e. The number of nitrogens with zero attached hydrogens (tertiary/aromatic N) is 1. The smallest absolute Gasteiger partial charge is 0.0430 e. The molecule has 13 heavy (non-hydrogen) atoms. The van der Waals surface area contributed by atoms with Gasteiger partial charge < -0.3 is 0 Å². The minimum absolute atomic E-state index is 0.990. The molecule has 1 aliphatic carbocycles. The first-order chi connectivity index (χ1) is 6.45. The van der Waals surface area contributed by atoms with Crippen LogP contribution >= 0.6 is 0 Å². The molecular weight excluding hydrogens is 158 g/mol. The lowest BCUT2D eigenvalue weighted by Crippen LogP contribution is -2.06. The second kappa shape index (κ2) is 2.69. The van der Waals surface area contributed by atoms with Gasteiger partial charge >= 0.3 is 0 Å². The van der Waals surface area contributed by atoms with E-state index in [4.69, 9.17) is 0 Å². The lowest BCUT2D eigenvalue weighted by molar-refractivity contribution is 0.891. The summed E-state index contributed by atoms with van der Waals surface area (Å²) >= 11 is 0. The number of hydrogen-bond donors (Lipinski definition) is 0. The summed E-state index contributed by atoms with van der Waals surface area (Å²) in [6.07, 6.45) is 7.14. The van der Waals surface area contributed by atoms with Crippen molar-refractivity contribution in [2.45, 2.75) is 25.7 Å². The maximum Gasteiger partial charge on any atom is 0.0430 e. The topological polar surface area (TPSA) is 12.4 Å². The van der Waals surface area contributed by atoms with Crippen molar-refractivity contribution in [2.24, 2.45) is 4.99 Å². The van der Waals surface area contributed by atoms with Crippen LogP contribution in [0.3, 0.4) is 0 Å². The fraction of sp³-hybridized carbons (Fsp3) is 0.417. The first-order valence-electron chi connectivity index (χ1n) is 5.08. The van der Waals surface area contributed by atoms with Gasteiger partial charge in [-0.2, -0.15) is 0 Å². The maximum absolute atomic E-state index is 4.32. The van der Waals surface area contributed by atoms with Crippen molar-refractivity contribution in [1.29, 1.82) is 0 Å². The number of rotatable bonds is 0. The van der Waals surface area contributed by atoms with Crippen LogP contribution in [0.25, 0.3) is 0 Å². The van der Waals surface area contributed by atoms with Crippen LogP contribution in [0.4, 0.5) is 0 Å². The van der Waals surface area contributed by atoms with Gasteiger partial charge in [-0.3, -0.25) is 4.99 Å². The second-order valence-electron chi connectivity index (χ2n) is 3.91. The summed E-state index contributed by atoms with van der Waals surface area (Å²) in [5.74, 6) is 0. The van der Waals surface area contributed by atoms with Crippen molar-refractivity contribution in [3.8, 4) is 0 Å². The van der Waals surface area contributed by atoms with Crippen LogP contribution < -0.4 is 0 Å². The fourth-order valence-corrected chi connectivity index (χ4v) is 2.52. The van der Waals surface area contributed by atoms with Gasteiger partial charge in [-0.05, 0) is 47.9 Å². The molecule has 1 heterocycles. The molecule has 0 spiro atoms. The second-order valence-corrected chi connectivity index (χ2v) is 3.91. The molecule has 0 amide bonds. The molecule has 1 heteroatoms. The zero-order chi connectivity index (χ0) is 8.67. The maximum atomic E-state index is 4.32. The average molecular weight is 171 g/mol. The highest BCUT2D eigenvalue weighted by Crippen LogP contribution is 2.28. The molecule has 3 rings (SSSR count). The first kappa shape index (κ1) is 7.31. The van der Waals surface area contributed by atoms with Gasteiger partial charge in [0.25, 0.3) is 0 Å². The van der Waals surface area contributed by atoms with Crippen LogP contribution in [0.1, 0.15) is 28.7 Å². The molecule has 1 nitrogen and oxygen atoms in total. The molecule has 66 valence electrons. The van der Waals surface area contributed by atoms with E-state index in [0.29, 0.717) is 0 Å². The number of fused-ring (bicyclic) bond motifs is 3. The fourth-order valence-electron chi connectivity index (χ4n) is 2.52. The van der Waals surface area contributed by atoms with E-state index in [2.05, 4.69) is 17.1 Å². The Morgan fingerprint density at radius 3 is 3.00 bits per heavy atom. The summed E-state index contributed by atoms with van der Waals surface area (Å²) in [5, 5.41) is 0. The highest BCUT2D eigenvalue weighted by atomic mass is 14.7. The highest BCUT2D eigenvalue weighted by molar-refractivity contribution is 5.83. The molecule has 1 aromatic carbocycles. The minimum Gasteiger partial charge on any atom is -0.292 e. The number of benzene rings is 1. The standard InChI is InChI=1S/C12H13N/c1-2-9-4-5-10-8-13-7-6-12(10)11(9)3-1/h4-5,8H,1-3,6-7H2. The van der Waals surface area contributed by atoms with Gasteiger partial charge in [0.2, 0.25) is 0 Å². The van der Waals surface area contributed by atoms with E-state index in [-0.39, 0.29) is 0 Å². The molecule has 0 fully saturated rings. The van der Waals surface area contributed by atoms with Gasteiger partial charge in [0.1, 0.15) is 0 Å². The summed E-state index contributed by atoms with van der Waals surface area (Å²) in [6.45, 7) is 0.990. The molecule has 0 saturated carbocycles. The van der Waals surface area contributed by atoms with Gasteiger partial charge in [0, 0.05) is 12.8 Å². The highest BCUT2D eigenvalue weighted by Gasteiger charge is 2.17. The predicted molar refractivity (Wildman–Crippen MR) is 54.6 cm³/mol. The van der Waals surface area contributed by atoms with Crippen molar-refractivity contribution in [1.82, 2.24) is 0 Å². The van der Waals surface area contributed by atoms with Crippen LogP contribution in [0.5, 0.6) is 0 Å². The third kappa shape index (κ3) is 1.03. The van der Waals surface area contributed by atoms with E-state index in [9.17, 15) is 0 Å². The Morgan fingerprint density at radius 1 is 1.00 bits per heavy atom. The summed E-state index contributed by atoms with van der Waals surface area (Å²) in [7, 11) is 0. The molecule has 0 N–H and O–H groups in total. The molecule has 1 aliphatic heterocycles. The predicted octanol–water partition coefficient (Wildman–Crippen LogP) is 2.15. The van der Waals surface area contributed by atoms with Crippen molar-refractivity contribution in [3.63, 3.8) is 0 Å². The van der Waals surface area contributed by atoms with Crippen LogP contribution in [-0.4, -0.2) is 12.8 Å². The molecule has 0 bridgehead atoms. The van der Waals surface area contributed by atoms with Crippen molar-refractivity contribution in [2.75, 3.05) is 6.54 Å². The molecule has 0 atom stereocenters. The quantitative estimate of drug-likeness (QED) is 0.567. The summed E-state index contributed by atoms with van der Waals surface area (Å²) in [4.78, 5) is 4.32. The Balaban J connectivity index is 2.23. The van der Waals surface area contributed by atoms with E-state index in [0.717, 1.165) is 13.0 Å². The molecular formula is C12H13N. The zero-order valence-electron chi connectivity index (χ0n) is 7.71. The molecule has 2 aliphatic rings. The molecule has 0 aromatic heterocycles. The lowest BCUT2D eigenvalue weighted by atomic mass is 9.94. The van der Waals surface area contributed by atoms with E-state index in [1.807, 2.05) is 6.21 Å². The van der Waals surface area contributed by atoms with Crippen LogP contribution in [0.15, 0.2) is 17.1 Å². The number of aryl methyl sites for hydroxylation is 1. The molecule has 0 saturated heterocycles. The van der Waals surface area contributed by atoms with Crippen LogP contribution in [0.2, 0.25) is 0 Å². The Hall–Kier alpha value is -1.11. The molecule has 1 aromatic rings. The van der Waals surface area contributed by atoms with Gasteiger partial charge in [0.05, 0.1) is 0 Å². The third-order valence-electron chi connectivity index (χ3n) is 3.16. The summed E-state index contributed by atoms with van der Waals surface area (Å²) in [5.41, 5.74) is 6.19. The molecule has 0 radical (unpaired) electrons. The number of aliphatic imine (C=N–C) groups is 1. The first-order valence-corrected chi connectivity index (χ1v) is 5.08. The Kier molecular flexibility index (Phi) is 1.51. The summed E-state index contributed by atoms with van der Waals surface area (Å²) < 4.78 is 0. The SMILES string of the molecule is C1=NCCc2c1ccc1c2CCC1. The van der Waals surface area contributed by atoms with Gasteiger partial charge in [-0.15, -0.1) is 0 Å². The van der Waals surface area contributed by atoms with Crippen LogP contribution in [-0.2, 0) is 19.3 Å². The van der Waals surface area contributed by atoms with Gasteiger partial charge in [-0.1, -0.05) is 12.1 Å². The Labute approximate surface area is 78.5 Å². The van der Waals surface area contributed by atoms with E-state index in [1.165, 1.54) is 24.8 Å². The van der Waals surface area contributed by atoms with E-state index >= 15 is 0 Å². The van der Waals surface area contributed by atoms with Crippen LogP contribution in [0, 0.1) is 0 Å². The van der Waals surface area contributed by atoms with Crippen molar-refractivity contribution >= 4 is 6.21 Å². The summed E-state index contributed by atoms with van der Waals surface area (Å²) in [6, 6.07) is 4.53. The lowest BCUT2D eigenvalue weighted by Gasteiger charge is -2.14. The normalized spacial score (nSPS) is 18.5. The van der Waals surface area contributed by atoms with Gasteiger partial charge in [-0.25, -0.2) is 0 Å². The average Bonchev–Trinajstić information content (AvgIpc) is 2.65. The van der Waals surface area contributed by atoms with E-state index in [1.54, 1.807) is 16.7 Å². The number of hydrogen-bond acceptors (Lipinski definition) is 1. The molecule has 0 unspecified atom stereocenters. The Morgan fingerprint density at radius 2 is 2.00 bits per heavy atom.